The van der Waals surface area contributed by atoms with E-state index < -0.39 is 23.5 Å². The van der Waals surface area contributed by atoms with Crippen LogP contribution in [0.5, 0.6) is 0 Å². The lowest BCUT2D eigenvalue weighted by atomic mass is 9.95. The molecule has 5 rings (SSSR count). The Bertz CT molecular complexity index is 1490. The molecule has 1 aliphatic rings. The number of aliphatic hydroxyl groups excluding tert-OH is 1. The van der Waals surface area contributed by atoms with Crippen molar-refractivity contribution in [1.29, 1.82) is 0 Å². The Labute approximate surface area is 203 Å². The van der Waals surface area contributed by atoms with Crippen LogP contribution in [-0.2, 0) is 9.59 Å². The maximum absolute atomic E-state index is 13.4. The number of nitrogens with zero attached hydrogens (tertiary/aromatic N) is 2. The van der Waals surface area contributed by atoms with Crippen molar-refractivity contribution in [1.82, 2.24) is 4.98 Å². The standard InChI is InChI=1S/C26H18ClFN2O3S/c1-13-11-14(2)21-19(12-13)34-26(29-21)30-22(15-3-7-17(27)8-4-15)20(24(32)25(30)33)23(31)16-5-9-18(28)10-6-16/h3-12,22,31H,1-2H3/t22-/m1/s1. The summed E-state index contributed by atoms with van der Waals surface area (Å²) in [5.74, 6) is -2.49. The van der Waals surface area contributed by atoms with Crippen LogP contribution >= 0.6 is 22.9 Å². The van der Waals surface area contributed by atoms with Gasteiger partial charge in [-0.1, -0.05) is 41.1 Å². The van der Waals surface area contributed by atoms with Gasteiger partial charge in [-0.15, -0.1) is 0 Å². The summed E-state index contributed by atoms with van der Waals surface area (Å²) in [6, 6.07) is 14.9. The van der Waals surface area contributed by atoms with Crippen molar-refractivity contribution in [2.75, 3.05) is 4.90 Å². The SMILES string of the molecule is Cc1cc(C)c2nc(N3C(=O)C(=O)C(=C(O)c4ccc(F)cc4)[C@H]3c3ccc(Cl)cc3)sc2c1. The number of amides is 1. The highest BCUT2D eigenvalue weighted by atomic mass is 35.5. The maximum Gasteiger partial charge on any atom is 0.301 e. The van der Waals surface area contributed by atoms with E-state index >= 15 is 0 Å². The van der Waals surface area contributed by atoms with Gasteiger partial charge in [0.25, 0.3) is 5.78 Å². The number of hydrogen-bond donors (Lipinski definition) is 1. The highest BCUT2D eigenvalue weighted by Gasteiger charge is 2.48. The third-order valence-corrected chi connectivity index (χ3v) is 7.03. The number of rotatable bonds is 3. The lowest BCUT2D eigenvalue weighted by Crippen LogP contribution is -2.29. The first kappa shape index (κ1) is 22.3. The molecule has 1 amide bonds. The molecular weight excluding hydrogens is 475 g/mol. The van der Waals surface area contributed by atoms with E-state index in [-0.39, 0.29) is 16.9 Å². The summed E-state index contributed by atoms with van der Waals surface area (Å²) in [5.41, 5.74) is 3.50. The first-order valence-electron chi connectivity index (χ1n) is 10.4. The maximum atomic E-state index is 13.4. The Morgan fingerprint density at radius 1 is 1.06 bits per heavy atom. The quantitative estimate of drug-likeness (QED) is 0.206. The molecule has 34 heavy (non-hydrogen) atoms. The number of Topliss-reactive ketones (excluding diaryl/α,β-unsaturated/α-hetero) is 1. The Hall–Kier alpha value is -3.55. The van der Waals surface area contributed by atoms with Crippen molar-refractivity contribution in [2.24, 2.45) is 0 Å². The van der Waals surface area contributed by atoms with Crippen LogP contribution in [0.1, 0.15) is 28.3 Å². The van der Waals surface area contributed by atoms with E-state index in [4.69, 9.17) is 11.6 Å². The number of fused-ring (bicyclic) bond motifs is 1. The number of aryl methyl sites for hydroxylation is 2. The molecule has 1 saturated heterocycles. The summed E-state index contributed by atoms with van der Waals surface area (Å²) in [5, 5.41) is 11.9. The summed E-state index contributed by atoms with van der Waals surface area (Å²) in [6.45, 7) is 3.92. The van der Waals surface area contributed by atoms with Gasteiger partial charge in [0.1, 0.15) is 11.6 Å². The molecule has 0 aliphatic carbocycles. The number of thiazole rings is 1. The number of carbonyl (C=O) groups excluding carboxylic acids is 2. The van der Waals surface area contributed by atoms with E-state index in [1.54, 1.807) is 24.3 Å². The number of benzene rings is 3. The average Bonchev–Trinajstić information content (AvgIpc) is 3.33. The van der Waals surface area contributed by atoms with Crippen molar-refractivity contribution < 1.29 is 19.1 Å². The van der Waals surface area contributed by atoms with Gasteiger partial charge in [-0.3, -0.25) is 14.5 Å². The molecule has 1 N–H and O–H groups in total. The minimum Gasteiger partial charge on any atom is -0.507 e. The number of ketones is 1. The molecule has 1 atom stereocenters. The zero-order chi connectivity index (χ0) is 24.1. The lowest BCUT2D eigenvalue weighted by Gasteiger charge is -2.23. The average molecular weight is 493 g/mol. The summed E-state index contributed by atoms with van der Waals surface area (Å²) in [4.78, 5) is 32.5. The van der Waals surface area contributed by atoms with E-state index in [2.05, 4.69) is 4.98 Å². The van der Waals surface area contributed by atoms with Crippen molar-refractivity contribution in [3.8, 4) is 0 Å². The lowest BCUT2D eigenvalue weighted by molar-refractivity contribution is -0.132. The zero-order valence-electron chi connectivity index (χ0n) is 18.2. The van der Waals surface area contributed by atoms with E-state index in [1.807, 2.05) is 26.0 Å². The molecule has 0 spiro atoms. The highest BCUT2D eigenvalue weighted by Crippen LogP contribution is 2.44. The van der Waals surface area contributed by atoms with Gasteiger partial charge in [0.15, 0.2) is 5.13 Å². The zero-order valence-corrected chi connectivity index (χ0v) is 19.7. The van der Waals surface area contributed by atoms with Crippen LogP contribution in [0.2, 0.25) is 5.02 Å². The number of aliphatic hydroxyl groups is 1. The van der Waals surface area contributed by atoms with Gasteiger partial charge < -0.3 is 5.11 Å². The Balaban J connectivity index is 1.74. The molecule has 2 heterocycles. The first-order chi connectivity index (χ1) is 16.2. The summed E-state index contributed by atoms with van der Waals surface area (Å²) >= 11 is 7.37. The van der Waals surface area contributed by atoms with Gasteiger partial charge in [0.2, 0.25) is 0 Å². The molecule has 5 nitrogen and oxygen atoms in total. The second-order valence-corrected chi connectivity index (χ2v) is 9.60. The van der Waals surface area contributed by atoms with Crippen LogP contribution in [0.3, 0.4) is 0 Å². The Kier molecular flexibility index (Phi) is 5.46. The number of hydrogen-bond acceptors (Lipinski definition) is 5. The van der Waals surface area contributed by atoms with Crippen molar-refractivity contribution in [3.63, 3.8) is 0 Å². The smallest absolute Gasteiger partial charge is 0.301 e. The highest BCUT2D eigenvalue weighted by molar-refractivity contribution is 7.22. The minimum absolute atomic E-state index is 0.0916. The van der Waals surface area contributed by atoms with Crippen LogP contribution in [0.4, 0.5) is 9.52 Å². The van der Waals surface area contributed by atoms with Gasteiger partial charge >= 0.3 is 5.91 Å². The number of anilines is 1. The van der Waals surface area contributed by atoms with Gasteiger partial charge in [-0.25, -0.2) is 9.37 Å². The molecule has 170 valence electrons. The molecule has 0 unspecified atom stereocenters. The van der Waals surface area contributed by atoms with Crippen LogP contribution in [0.25, 0.3) is 16.0 Å². The Morgan fingerprint density at radius 2 is 1.74 bits per heavy atom. The van der Waals surface area contributed by atoms with Crippen LogP contribution in [0, 0.1) is 19.7 Å². The topological polar surface area (TPSA) is 70.5 Å². The van der Waals surface area contributed by atoms with Crippen molar-refractivity contribution in [2.45, 2.75) is 19.9 Å². The molecule has 1 aromatic heterocycles. The van der Waals surface area contributed by atoms with Gasteiger partial charge in [-0.05, 0) is 73.0 Å². The molecule has 4 aromatic rings. The predicted molar refractivity (Wildman–Crippen MR) is 132 cm³/mol. The fourth-order valence-electron chi connectivity index (χ4n) is 4.22. The van der Waals surface area contributed by atoms with Crippen molar-refractivity contribution in [3.05, 3.63) is 99.3 Å². The number of carbonyl (C=O) groups is 2. The third-order valence-electron chi connectivity index (χ3n) is 5.77. The number of aromatic nitrogens is 1. The summed E-state index contributed by atoms with van der Waals surface area (Å²) in [6.07, 6.45) is 0. The predicted octanol–water partition coefficient (Wildman–Crippen LogP) is 6.33. The van der Waals surface area contributed by atoms with Gasteiger partial charge in [0, 0.05) is 10.6 Å². The monoisotopic (exact) mass is 492 g/mol. The fourth-order valence-corrected chi connectivity index (χ4v) is 5.51. The normalized spacial score (nSPS) is 17.6. The second kappa shape index (κ2) is 8.34. The van der Waals surface area contributed by atoms with E-state index in [9.17, 15) is 19.1 Å². The largest absolute Gasteiger partial charge is 0.507 e. The molecule has 3 aromatic carbocycles. The van der Waals surface area contributed by atoms with Crippen LogP contribution in [-0.4, -0.2) is 21.8 Å². The Morgan fingerprint density at radius 3 is 2.41 bits per heavy atom. The third kappa shape index (κ3) is 3.67. The van der Waals surface area contributed by atoms with Crippen molar-refractivity contribution >= 4 is 55.7 Å². The molecular formula is C26H18ClFN2O3S. The van der Waals surface area contributed by atoms with Gasteiger partial charge in [0.05, 0.1) is 21.8 Å². The van der Waals surface area contributed by atoms with E-state index in [0.717, 1.165) is 21.3 Å². The molecule has 1 fully saturated rings. The summed E-state index contributed by atoms with van der Waals surface area (Å²) in [7, 11) is 0. The molecule has 1 aliphatic heterocycles. The molecule has 0 radical (unpaired) electrons. The van der Waals surface area contributed by atoms with E-state index in [0.29, 0.717) is 15.7 Å². The molecule has 8 heteroatoms. The van der Waals surface area contributed by atoms with Gasteiger partial charge in [-0.2, -0.15) is 0 Å². The van der Waals surface area contributed by atoms with Crippen LogP contribution < -0.4 is 4.90 Å². The molecule has 0 saturated carbocycles. The number of halogens is 2. The van der Waals surface area contributed by atoms with Crippen LogP contribution in [0.15, 0.2) is 66.2 Å². The second-order valence-electron chi connectivity index (χ2n) is 8.15. The summed E-state index contributed by atoms with van der Waals surface area (Å²) < 4.78 is 14.3. The minimum atomic E-state index is -0.927. The first-order valence-corrected chi connectivity index (χ1v) is 11.6. The molecule has 0 bridgehead atoms. The fraction of sp³-hybridized carbons (Fsp3) is 0.115. The van der Waals surface area contributed by atoms with E-state index in [1.165, 1.54) is 40.5 Å².